The van der Waals surface area contributed by atoms with Crippen LogP contribution in [0, 0.1) is 13.8 Å². The van der Waals surface area contributed by atoms with Crippen molar-refractivity contribution in [3.63, 3.8) is 0 Å². The van der Waals surface area contributed by atoms with E-state index in [0.29, 0.717) is 18.7 Å². The summed E-state index contributed by atoms with van der Waals surface area (Å²) in [5.74, 6) is -0.166. The Morgan fingerprint density at radius 1 is 0.963 bits per heavy atom. The average molecular weight is 367 g/mol. The lowest BCUT2D eigenvalue weighted by molar-refractivity contribution is -0.116. The monoisotopic (exact) mass is 366 g/mol. The van der Waals surface area contributed by atoms with Crippen LogP contribution in [0.5, 0.6) is 0 Å². The van der Waals surface area contributed by atoms with Crippen molar-refractivity contribution in [1.29, 1.82) is 0 Å². The summed E-state index contributed by atoms with van der Waals surface area (Å²) in [4.78, 5) is 26.1. The van der Waals surface area contributed by atoms with Crippen molar-refractivity contribution in [2.45, 2.75) is 47.0 Å². The minimum absolute atomic E-state index is 0.0398. The second-order valence-corrected chi connectivity index (χ2v) is 8.02. The molecule has 0 bridgehead atoms. The molecule has 27 heavy (non-hydrogen) atoms. The Labute approximate surface area is 162 Å². The number of hydrogen-bond acceptors (Lipinski definition) is 2. The van der Waals surface area contributed by atoms with Crippen LogP contribution in [0.4, 0.5) is 5.69 Å². The summed E-state index contributed by atoms with van der Waals surface area (Å²) >= 11 is 0. The zero-order chi connectivity index (χ0) is 20.2. The molecule has 0 aliphatic rings. The van der Waals surface area contributed by atoms with Gasteiger partial charge in [0.1, 0.15) is 0 Å². The molecule has 0 spiro atoms. The molecular formula is C23H30N2O2. The standard InChI is InChI=1S/C23H30N2O2/c1-16-7-12-21(15-17(16)2)25(18(3)26)14-13-24-22(27)19-8-10-20(11-9-19)23(4,5)6/h7-12,15H,13-14H2,1-6H3,(H,24,27). The van der Waals surface area contributed by atoms with E-state index >= 15 is 0 Å². The second-order valence-electron chi connectivity index (χ2n) is 8.02. The molecule has 0 aliphatic heterocycles. The van der Waals surface area contributed by atoms with E-state index in [1.54, 1.807) is 11.8 Å². The maximum Gasteiger partial charge on any atom is 0.251 e. The minimum Gasteiger partial charge on any atom is -0.350 e. The predicted octanol–water partition coefficient (Wildman–Crippen LogP) is 4.38. The summed E-state index contributed by atoms with van der Waals surface area (Å²) in [6.07, 6.45) is 0. The SMILES string of the molecule is CC(=O)N(CCNC(=O)c1ccc(C(C)(C)C)cc1)c1ccc(C)c(C)c1. The maximum absolute atomic E-state index is 12.4. The third kappa shape index (κ3) is 5.43. The van der Waals surface area contributed by atoms with Gasteiger partial charge in [-0.2, -0.15) is 0 Å². The molecule has 0 aliphatic carbocycles. The molecule has 0 heterocycles. The van der Waals surface area contributed by atoms with Gasteiger partial charge in [0.15, 0.2) is 0 Å². The quantitative estimate of drug-likeness (QED) is 0.853. The smallest absolute Gasteiger partial charge is 0.251 e. The van der Waals surface area contributed by atoms with Crippen LogP contribution in [-0.4, -0.2) is 24.9 Å². The van der Waals surface area contributed by atoms with Gasteiger partial charge in [-0.15, -0.1) is 0 Å². The van der Waals surface area contributed by atoms with Crippen LogP contribution in [0.1, 0.15) is 54.7 Å². The third-order valence-electron chi connectivity index (χ3n) is 4.82. The zero-order valence-corrected chi connectivity index (χ0v) is 17.2. The summed E-state index contributed by atoms with van der Waals surface area (Å²) in [7, 11) is 0. The van der Waals surface area contributed by atoms with Gasteiger partial charge in [0, 0.05) is 31.3 Å². The fourth-order valence-corrected chi connectivity index (χ4v) is 2.87. The Balaban J connectivity index is 1.99. The normalized spacial score (nSPS) is 11.2. The Bertz CT molecular complexity index is 817. The predicted molar refractivity (Wildman–Crippen MR) is 111 cm³/mol. The molecule has 0 radical (unpaired) electrons. The van der Waals surface area contributed by atoms with Gasteiger partial charge < -0.3 is 10.2 Å². The number of anilines is 1. The first-order chi connectivity index (χ1) is 12.6. The summed E-state index contributed by atoms with van der Waals surface area (Å²) in [6.45, 7) is 12.9. The van der Waals surface area contributed by atoms with E-state index in [4.69, 9.17) is 0 Å². The van der Waals surface area contributed by atoms with Crippen LogP contribution < -0.4 is 10.2 Å². The number of rotatable bonds is 5. The largest absolute Gasteiger partial charge is 0.350 e. The van der Waals surface area contributed by atoms with Crippen molar-refractivity contribution in [1.82, 2.24) is 5.32 Å². The first kappa shape index (κ1) is 20.7. The van der Waals surface area contributed by atoms with Crippen molar-refractivity contribution in [3.05, 3.63) is 64.7 Å². The number of nitrogens with one attached hydrogen (secondary N) is 1. The molecule has 1 N–H and O–H groups in total. The summed E-state index contributed by atoms with van der Waals surface area (Å²) in [5.41, 5.74) is 5.06. The summed E-state index contributed by atoms with van der Waals surface area (Å²) in [5, 5.41) is 2.91. The Hall–Kier alpha value is -2.62. The lowest BCUT2D eigenvalue weighted by atomic mass is 9.87. The number of amides is 2. The van der Waals surface area contributed by atoms with Gasteiger partial charge in [0.25, 0.3) is 5.91 Å². The highest BCUT2D eigenvalue weighted by Crippen LogP contribution is 2.22. The third-order valence-corrected chi connectivity index (χ3v) is 4.82. The van der Waals surface area contributed by atoms with Crippen LogP contribution in [0.3, 0.4) is 0 Å². The van der Waals surface area contributed by atoms with Crippen molar-refractivity contribution in [3.8, 4) is 0 Å². The number of nitrogens with zero attached hydrogens (tertiary/aromatic N) is 1. The van der Waals surface area contributed by atoms with Crippen LogP contribution in [0.2, 0.25) is 0 Å². The van der Waals surface area contributed by atoms with Crippen molar-refractivity contribution < 1.29 is 9.59 Å². The van der Waals surface area contributed by atoms with Gasteiger partial charge in [-0.25, -0.2) is 0 Å². The highest BCUT2D eigenvalue weighted by Gasteiger charge is 2.15. The fraction of sp³-hybridized carbons (Fsp3) is 0.391. The number of carbonyl (C=O) groups is 2. The molecule has 0 unspecified atom stereocenters. The highest BCUT2D eigenvalue weighted by molar-refractivity contribution is 5.94. The summed E-state index contributed by atoms with van der Waals surface area (Å²) < 4.78 is 0. The Morgan fingerprint density at radius 3 is 2.11 bits per heavy atom. The molecule has 2 aromatic carbocycles. The molecule has 4 nitrogen and oxygen atoms in total. The number of carbonyl (C=O) groups excluding carboxylic acids is 2. The molecule has 2 amide bonds. The number of aryl methyl sites for hydroxylation is 2. The minimum atomic E-state index is -0.126. The van der Waals surface area contributed by atoms with Crippen LogP contribution in [0.25, 0.3) is 0 Å². The van der Waals surface area contributed by atoms with Gasteiger partial charge in [0.05, 0.1) is 0 Å². The van der Waals surface area contributed by atoms with E-state index in [1.807, 2.05) is 56.3 Å². The topological polar surface area (TPSA) is 49.4 Å². The van der Waals surface area contributed by atoms with Gasteiger partial charge >= 0.3 is 0 Å². The molecule has 0 saturated carbocycles. The first-order valence-corrected chi connectivity index (χ1v) is 9.33. The summed E-state index contributed by atoms with van der Waals surface area (Å²) in [6, 6.07) is 13.6. The molecule has 144 valence electrons. The van der Waals surface area contributed by atoms with Gasteiger partial charge in [-0.1, -0.05) is 39.0 Å². The molecule has 4 heteroatoms. The van der Waals surface area contributed by atoms with E-state index in [0.717, 1.165) is 11.3 Å². The van der Waals surface area contributed by atoms with E-state index in [-0.39, 0.29) is 17.2 Å². The van der Waals surface area contributed by atoms with E-state index < -0.39 is 0 Å². The van der Waals surface area contributed by atoms with E-state index in [2.05, 4.69) is 26.1 Å². The molecule has 2 rings (SSSR count). The number of benzene rings is 2. The zero-order valence-electron chi connectivity index (χ0n) is 17.2. The fourth-order valence-electron chi connectivity index (χ4n) is 2.87. The molecule has 0 atom stereocenters. The van der Waals surface area contributed by atoms with Crippen LogP contribution in [-0.2, 0) is 10.2 Å². The molecule has 0 saturated heterocycles. The van der Waals surface area contributed by atoms with Crippen molar-refractivity contribution >= 4 is 17.5 Å². The lowest BCUT2D eigenvalue weighted by Crippen LogP contribution is -2.37. The van der Waals surface area contributed by atoms with Crippen LogP contribution >= 0.6 is 0 Å². The highest BCUT2D eigenvalue weighted by atomic mass is 16.2. The molecule has 0 aromatic heterocycles. The Morgan fingerprint density at radius 2 is 1.59 bits per heavy atom. The molecular weight excluding hydrogens is 336 g/mol. The maximum atomic E-state index is 12.4. The van der Waals surface area contributed by atoms with Crippen molar-refractivity contribution in [2.75, 3.05) is 18.0 Å². The van der Waals surface area contributed by atoms with Crippen LogP contribution in [0.15, 0.2) is 42.5 Å². The Kier molecular flexibility index (Phi) is 6.42. The number of hydrogen-bond donors (Lipinski definition) is 1. The first-order valence-electron chi connectivity index (χ1n) is 9.33. The molecule has 0 fully saturated rings. The van der Waals surface area contributed by atoms with Crippen molar-refractivity contribution in [2.24, 2.45) is 0 Å². The van der Waals surface area contributed by atoms with Gasteiger partial charge in [0.2, 0.25) is 5.91 Å². The van der Waals surface area contributed by atoms with E-state index in [1.165, 1.54) is 11.1 Å². The average Bonchev–Trinajstić information content (AvgIpc) is 2.60. The van der Waals surface area contributed by atoms with Gasteiger partial charge in [-0.05, 0) is 60.2 Å². The van der Waals surface area contributed by atoms with E-state index in [9.17, 15) is 9.59 Å². The van der Waals surface area contributed by atoms with Gasteiger partial charge in [-0.3, -0.25) is 9.59 Å². The lowest BCUT2D eigenvalue weighted by Gasteiger charge is -2.22. The second kappa shape index (κ2) is 8.38. The molecule has 2 aromatic rings.